The molecule has 4 nitrogen and oxygen atoms in total. The van der Waals surface area contributed by atoms with E-state index in [4.69, 9.17) is 0 Å². The first kappa shape index (κ1) is 13.7. The van der Waals surface area contributed by atoms with E-state index in [1.165, 1.54) is 0 Å². The predicted octanol–water partition coefficient (Wildman–Crippen LogP) is 3.34. The van der Waals surface area contributed by atoms with E-state index in [-0.39, 0.29) is 15.9 Å². The van der Waals surface area contributed by atoms with E-state index < -0.39 is 22.9 Å². The number of benzene rings is 2. The highest BCUT2D eigenvalue weighted by Gasteiger charge is 2.19. The van der Waals surface area contributed by atoms with Gasteiger partial charge in [0.1, 0.15) is 5.82 Å². The Balaban J connectivity index is 2.34. The van der Waals surface area contributed by atoms with E-state index in [1.54, 1.807) is 24.3 Å². The predicted molar refractivity (Wildman–Crippen MR) is 77.1 cm³/mol. The van der Waals surface area contributed by atoms with Crippen LogP contribution in [0.2, 0.25) is 0 Å². The smallest absolute Gasteiger partial charge is 0.259 e. The maximum Gasteiger partial charge on any atom is 0.259 e. The van der Waals surface area contributed by atoms with Gasteiger partial charge >= 0.3 is 0 Å². The molecule has 0 fully saturated rings. The van der Waals surface area contributed by atoms with Crippen LogP contribution in [0, 0.1) is 11.6 Å². The minimum absolute atomic E-state index is 0.0350. The number of nitrogens with zero attached hydrogens (tertiary/aromatic N) is 1. The molecule has 3 aromatic rings. The summed E-state index contributed by atoms with van der Waals surface area (Å²) in [5.41, 5.74) is -0.347. The van der Waals surface area contributed by atoms with E-state index in [9.17, 15) is 18.7 Å². The summed E-state index contributed by atoms with van der Waals surface area (Å²) in [4.78, 5) is 18.5. The maximum atomic E-state index is 13.9. The van der Waals surface area contributed by atoms with Gasteiger partial charge in [0.15, 0.2) is 11.6 Å². The Morgan fingerprint density at radius 3 is 2.67 bits per heavy atom. The van der Waals surface area contributed by atoms with Gasteiger partial charge in [0, 0.05) is 0 Å². The SMILES string of the molecule is O=c1[nH]c(-c2cc(Br)c(O)c(F)c2F)nc2ccccc12. The van der Waals surface area contributed by atoms with Gasteiger partial charge in [-0.1, -0.05) is 12.1 Å². The second-order valence-corrected chi connectivity index (χ2v) is 5.17. The first-order valence-corrected chi connectivity index (χ1v) is 6.64. The molecule has 0 amide bonds. The van der Waals surface area contributed by atoms with E-state index in [0.29, 0.717) is 10.9 Å². The third-order valence-corrected chi connectivity index (χ3v) is 3.61. The van der Waals surface area contributed by atoms with E-state index in [1.807, 2.05) is 0 Å². The van der Waals surface area contributed by atoms with Gasteiger partial charge in [-0.2, -0.15) is 4.39 Å². The average Bonchev–Trinajstić information content (AvgIpc) is 2.49. The van der Waals surface area contributed by atoms with Crippen LogP contribution in [0.5, 0.6) is 5.75 Å². The molecule has 7 heteroatoms. The molecule has 2 aromatic carbocycles. The fourth-order valence-corrected chi connectivity index (χ4v) is 2.37. The highest BCUT2D eigenvalue weighted by Crippen LogP contribution is 2.34. The van der Waals surface area contributed by atoms with Crippen LogP contribution in [-0.4, -0.2) is 15.1 Å². The normalized spacial score (nSPS) is 11.0. The lowest BCUT2D eigenvalue weighted by atomic mass is 10.1. The van der Waals surface area contributed by atoms with Crippen LogP contribution >= 0.6 is 15.9 Å². The summed E-state index contributed by atoms with van der Waals surface area (Å²) in [6, 6.07) is 7.69. The number of hydrogen-bond donors (Lipinski definition) is 2. The summed E-state index contributed by atoms with van der Waals surface area (Å²) in [7, 11) is 0. The Morgan fingerprint density at radius 1 is 1.19 bits per heavy atom. The van der Waals surface area contributed by atoms with Crippen molar-refractivity contribution in [2.45, 2.75) is 0 Å². The summed E-state index contributed by atoms with van der Waals surface area (Å²) >= 11 is 2.92. The Kier molecular flexibility index (Phi) is 3.21. The molecule has 0 radical (unpaired) electrons. The van der Waals surface area contributed by atoms with Gasteiger partial charge in [0.2, 0.25) is 5.82 Å². The second kappa shape index (κ2) is 4.92. The molecule has 0 atom stereocenters. The highest BCUT2D eigenvalue weighted by atomic mass is 79.9. The van der Waals surface area contributed by atoms with Crippen molar-refractivity contribution in [3.05, 3.63) is 56.8 Å². The number of H-pyrrole nitrogens is 1. The van der Waals surface area contributed by atoms with Gasteiger partial charge in [-0.3, -0.25) is 4.79 Å². The zero-order valence-corrected chi connectivity index (χ0v) is 11.9. The van der Waals surface area contributed by atoms with Gasteiger partial charge in [0.25, 0.3) is 5.56 Å². The zero-order valence-electron chi connectivity index (χ0n) is 10.3. The lowest BCUT2D eigenvalue weighted by molar-refractivity contribution is 0.405. The number of nitrogens with one attached hydrogen (secondary N) is 1. The number of phenols is 1. The number of aromatic amines is 1. The molecular weight excluding hydrogens is 346 g/mol. The molecule has 21 heavy (non-hydrogen) atoms. The maximum absolute atomic E-state index is 13.9. The summed E-state index contributed by atoms with van der Waals surface area (Å²) in [6.45, 7) is 0. The molecule has 1 heterocycles. The third-order valence-electron chi connectivity index (χ3n) is 3.00. The molecule has 0 aliphatic rings. The molecule has 0 spiro atoms. The van der Waals surface area contributed by atoms with Gasteiger partial charge < -0.3 is 10.1 Å². The lowest BCUT2D eigenvalue weighted by Gasteiger charge is -2.07. The van der Waals surface area contributed by atoms with Crippen molar-refractivity contribution in [2.24, 2.45) is 0 Å². The van der Waals surface area contributed by atoms with Crippen LogP contribution in [0.1, 0.15) is 0 Å². The summed E-state index contributed by atoms with van der Waals surface area (Å²) < 4.78 is 27.5. The molecule has 0 aliphatic heterocycles. The number of para-hydroxylation sites is 1. The van der Waals surface area contributed by atoms with Crippen molar-refractivity contribution in [2.75, 3.05) is 0 Å². The molecule has 0 unspecified atom stereocenters. The number of aromatic nitrogens is 2. The van der Waals surface area contributed by atoms with Gasteiger partial charge in [-0.25, -0.2) is 9.37 Å². The Hall–Kier alpha value is -2.28. The van der Waals surface area contributed by atoms with Crippen LogP contribution in [0.3, 0.4) is 0 Å². The zero-order chi connectivity index (χ0) is 15.1. The van der Waals surface area contributed by atoms with Crippen molar-refractivity contribution in [1.82, 2.24) is 9.97 Å². The highest BCUT2D eigenvalue weighted by molar-refractivity contribution is 9.10. The van der Waals surface area contributed by atoms with Crippen LogP contribution < -0.4 is 5.56 Å². The van der Waals surface area contributed by atoms with Crippen molar-refractivity contribution < 1.29 is 13.9 Å². The summed E-state index contributed by atoms with van der Waals surface area (Å²) in [5.74, 6) is -3.64. The van der Waals surface area contributed by atoms with Gasteiger partial charge in [-0.05, 0) is 34.1 Å². The van der Waals surface area contributed by atoms with Crippen LogP contribution in [0.4, 0.5) is 8.78 Å². The molecule has 1 aromatic heterocycles. The number of hydrogen-bond acceptors (Lipinski definition) is 3. The van der Waals surface area contributed by atoms with Crippen molar-refractivity contribution in [3.63, 3.8) is 0 Å². The minimum Gasteiger partial charge on any atom is -0.504 e. The number of aromatic hydroxyl groups is 1. The Labute approximate surface area is 125 Å². The fourth-order valence-electron chi connectivity index (χ4n) is 1.97. The second-order valence-electron chi connectivity index (χ2n) is 4.31. The third kappa shape index (κ3) is 2.19. The Morgan fingerprint density at radius 2 is 1.90 bits per heavy atom. The van der Waals surface area contributed by atoms with Crippen LogP contribution in [0.15, 0.2) is 39.6 Å². The number of phenolic OH excluding ortho intramolecular Hbond substituents is 1. The molecule has 3 rings (SSSR count). The molecule has 0 aliphatic carbocycles. The monoisotopic (exact) mass is 352 g/mol. The molecule has 0 bridgehead atoms. The van der Waals surface area contributed by atoms with Crippen molar-refractivity contribution in [3.8, 4) is 17.1 Å². The quantitative estimate of drug-likeness (QED) is 0.660. The molecule has 0 saturated heterocycles. The van der Waals surface area contributed by atoms with Crippen molar-refractivity contribution >= 4 is 26.8 Å². The number of rotatable bonds is 1. The largest absolute Gasteiger partial charge is 0.504 e. The standard InChI is InChI=1S/C14H7BrF2N2O2/c15-8-5-7(10(16)11(17)12(8)20)13-18-9-4-2-1-3-6(9)14(21)19-13/h1-5,20H,(H,18,19,21). The van der Waals surface area contributed by atoms with Crippen LogP contribution in [0.25, 0.3) is 22.3 Å². The first-order valence-electron chi connectivity index (χ1n) is 5.85. The van der Waals surface area contributed by atoms with Crippen molar-refractivity contribution in [1.29, 1.82) is 0 Å². The molecule has 2 N–H and O–H groups in total. The van der Waals surface area contributed by atoms with E-state index in [2.05, 4.69) is 25.9 Å². The van der Waals surface area contributed by atoms with Gasteiger partial charge in [-0.15, -0.1) is 0 Å². The number of halogens is 3. The van der Waals surface area contributed by atoms with Crippen LogP contribution in [-0.2, 0) is 0 Å². The first-order chi connectivity index (χ1) is 9.99. The average molecular weight is 353 g/mol. The fraction of sp³-hybridized carbons (Fsp3) is 0. The number of fused-ring (bicyclic) bond motifs is 1. The summed E-state index contributed by atoms with van der Waals surface area (Å²) in [6.07, 6.45) is 0. The summed E-state index contributed by atoms with van der Waals surface area (Å²) in [5, 5.41) is 9.68. The minimum atomic E-state index is -1.41. The van der Waals surface area contributed by atoms with Gasteiger partial charge in [0.05, 0.1) is 20.9 Å². The topological polar surface area (TPSA) is 66.0 Å². The Bertz CT molecular complexity index is 925. The molecular formula is C14H7BrF2N2O2. The van der Waals surface area contributed by atoms with E-state index in [0.717, 1.165) is 6.07 Å². The molecule has 106 valence electrons. The van der Waals surface area contributed by atoms with E-state index >= 15 is 0 Å². The lowest BCUT2D eigenvalue weighted by Crippen LogP contribution is -2.10. The molecule has 0 saturated carbocycles.